The van der Waals surface area contributed by atoms with E-state index in [2.05, 4.69) is 12.2 Å². The molecule has 1 N–H and O–H groups in total. The number of rotatable bonds is 5. The third-order valence-electron chi connectivity index (χ3n) is 4.23. The SMILES string of the molecule is CCC(C)(C)NC(=O)COC(=O)c1cc2c(s1)CC[C@@H](C)C2. The standard InChI is InChI=1S/C17H25NO3S/c1-5-17(3,4)18-15(19)10-21-16(20)14-9-12-8-11(2)6-7-13(12)22-14/h9,11H,5-8,10H2,1-4H3,(H,18,19)/t11-/m1/s1. The van der Waals surface area contributed by atoms with Crippen LogP contribution >= 0.6 is 11.3 Å². The molecule has 22 heavy (non-hydrogen) atoms. The van der Waals surface area contributed by atoms with Crippen LogP contribution in [0.5, 0.6) is 0 Å². The molecule has 1 aliphatic carbocycles. The summed E-state index contributed by atoms with van der Waals surface area (Å²) >= 11 is 1.51. The first-order valence-corrected chi connectivity index (χ1v) is 8.72. The Kier molecular flexibility index (Phi) is 5.27. The number of esters is 1. The van der Waals surface area contributed by atoms with Crippen LogP contribution in [0.2, 0.25) is 0 Å². The number of hydrogen-bond acceptors (Lipinski definition) is 4. The highest BCUT2D eigenvalue weighted by Gasteiger charge is 2.23. The first-order valence-electron chi connectivity index (χ1n) is 7.90. The summed E-state index contributed by atoms with van der Waals surface area (Å²) in [6.07, 6.45) is 4.07. The Balaban J connectivity index is 1.89. The molecule has 0 unspecified atom stereocenters. The zero-order valence-corrected chi connectivity index (χ0v) is 14.6. The van der Waals surface area contributed by atoms with Gasteiger partial charge in [0, 0.05) is 10.4 Å². The molecule has 0 aromatic carbocycles. The molecule has 0 bridgehead atoms. The quantitative estimate of drug-likeness (QED) is 0.846. The zero-order valence-electron chi connectivity index (χ0n) is 13.8. The number of carbonyl (C=O) groups is 2. The largest absolute Gasteiger partial charge is 0.451 e. The Morgan fingerprint density at radius 1 is 1.45 bits per heavy atom. The minimum absolute atomic E-state index is 0.221. The van der Waals surface area contributed by atoms with E-state index in [1.807, 2.05) is 26.8 Å². The Morgan fingerprint density at radius 3 is 2.86 bits per heavy atom. The molecule has 122 valence electrons. The van der Waals surface area contributed by atoms with Gasteiger partial charge in [-0.05, 0) is 57.1 Å². The number of carbonyl (C=O) groups excluding carboxylic acids is 2. The first-order chi connectivity index (χ1) is 10.3. The average molecular weight is 323 g/mol. The molecule has 0 aliphatic heterocycles. The Hall–Kier alpha value is -1.36. The van der Waals surface area contributed by atoms with E-state index in [-0.39, 0.29) is 18.1 Å². The summed E-state index contributed by atoms with van der Waals surface area (Å²) in [6.45, 7) is 7.91. The van der Waals surface area contributed by atoms with Crippen molar-refractivity contribution in [2.24, 2.45) is 5.92 Å². The molecule has 0 saturated carbocycles. The number of hydrogen-bond donors (Lipinski definition) is 1. The van der Waals surface area contributed by atoms with Gasteiger partial charge in [0.05, 0.1) is 0 Å². The third kappa shape index (κ3) is 4.32. The molecule has 2 rings (SSSR count). The van der Waals surface area contributed by atoms with Crippen LogP contribution in [0.3, 0.4) is 0 Å². The maximum atomic E-state index is 12.1. The summed E-state index contributed by atoms with van der Waals surface area (Å²) in [4.78, 5) is 25.8. The van der Waals surface area contributed by atoms with Crippen molar-refractivity contribution in [3.05, 3.63) is 21.4 Å². The van der Waals surface area contributed by atoms with Gasteiger partial charge in [-0.3, -0.25) is 4.79 Å². The molecule has 5 heteroatoms. The Morgan fingerprint density at radius 2 is 2.18 bits per heavy atom. The predicted octanol–water partition coefficient (Wildman–Crippen LogP) is 3.33. The van der Waals surface area contributed by atoms with Crippen LogP contribution in [-0.4, -0.2) is 24.0 Å². The summed E-state index contributed by atoms with van der Waals surface area (Å²) in [5.74, 6) is 0.0275. The highest BCUT2D eigenvalue weighted by molar-refractivity contribution is 7.14. The molecule has 1 aromatic heterocycles. The molecule has 0 saturated heterocycles. The number of fused-ring (bicyclic) bond motifs is 1. The van der Waals surface area contributed by atoms with Gasteiger partial charge in [0.15, 0.2) is 6.61 Å². The highest BCUT2D eigenvalue weighted by atomic mass is 32.1. The Bertz CT molecular complexity index is 562. The van der Waals surface area contributed by atoms with Crippen LogP contribution in [0.25, 0.3) is 0 Å². The molecule has 0 radical (unpaired) electrons. The summed E-state index contributed by atoms with van der Waals surface area (Å²) in [7, 11) is 0. The van der Waals surface area contributed by atoms with Crippen molar-refractivity contribution >= 4 is 23.2 Å². The van der Waals surface area contributed by atoms with E-state index in [0.29, 0.717) is 10.8 Å². The van der Waals surface area contributed by atoms with E-state index in [1.165, 1.54) is 28.2 Å². The molecular formula is C17H25NO3S. The molecule has 1 aliphatic rings. The number of nitrogens with one attached hydrogen (secondary N) is 1. The monoisotopic (exact) mass is 323 g/mol. The second-order valence-electron chi connectivity index (χ2n) is 6.77. The van der Waals surface area contributed by atoms with Gasteiger partial charge in [-0.15, -0.1) is 11.3 Å². The normalized spacial score (nSPS) is 17.7. The second-order valence-corrected chi connectivity index (χ2v) is 7.91. The maximum absolute atomic E-state index is 12.1. The van der Waals surface area contributed by atoms with Crippen molar-refractivity contribution in [2.75, 3.05) is 6.61 Å². The van der Waals surface area contributed by atoms with Gasteiger partial charge in [0.25, 0.3) is 5.91 Å². The lowest BCUT2D eigenvalue weighted by molar-refractivity contribution is -0.125. The summed E-state index contributed by atoms with van der Waals surface area (Å²) < 4.78 is 5.14. The molecule has 1 heterocycles. The smallest absolute Gasteiger partial charge is 0.348 e. The van der Waals surface area contributed by atoms with E-state index in [0.717, 1.165) is 19.3 Å². The summed E-state index contributed by atoms with van der Waals surface area (Å²) in [6, 6.07) is 1.94. The van der Waals surface area contributed by atoms with Gasteiger partial charge < -0.3 is 10.1 Å². The van der Waals surface area contributed by atoms with Gasteiger partial charge in [-0.2, -0.15) is 0 Å². The number of amides is 1. The number of aryl methyl sites for hydroxylation is 1. The summed E-state index contributed by atoms with van der Waals surface area (Å²) in [5, 5.41) is 2.85. The van der Waals surface area contributed by atoms with Gasteiger partial charge in [0.1, 0.15) is 4.88 Å². The van der Waals surface area contributed by atoms with E-state index in [9.17, 15) is 9.59 Å². The topological polar surface area (TPSA) is 55.4 Å². The van der Waals surface area contributed by atoms with Crippen LogP contribution in [0, 0.1) is 5.92 Å². The molecule has 1 aromatic rings. The van der Waals surface area contributed by atoms with Crippen LogP contribution in [0.4, 0.5) is 0 Å². The van der Waals surface area contributed by atoms with Crippen molar-refractivity contribution in [1.29, 1.82) is 0 Å². The molecule has 4 nitrogen and oxygen atoms in total. The first kappa shape index (κ1) is 17.0. The molecule has 1 atom stereocenters. The van der Waals surface area contributed by atoms with Crippen molar-refractivity contribution in [3.63, 3.8) is 0 Å². The van der Waals surface area contributed by atoms with Crippen LogP contribution in [0.1, 0.15) is 60.6 Å². The van der Waals surface area contributed by atoms with Gasteiger partial charge >= 0.3 is 5.97 Å². The molecule has 0 fully saturated rings. The number of ether oxygens (including phenoxy) is 1. The zero-order chi connectivity index (χ0) is 16.3. The lowest BCUT2D eigenvalue weighted by Crippen LogP contribution is -2.44. The van der Waals surface area contributed by atoms with E-state index < -0.39 is 5.97 Å². The molecule has 0 spiro atoms. The van der Waals surface area contributed by atoms with Gasteiger partial charge in [-0.1, -0.05) is 13.8 Å². The lowest BCUT2D eigenvalue weighted by atomic mass is 9.90. The van der Waals surface area contributed by atoms with E-state index in [1.54, 1.807) is 0 Å². The fourth-order valence-corrected chi connectivity index (χ4v) is 3.61. The minimum atomic E-state index is -0.392. The highest BCUT2D eigenvalue weighted by Crippen LogP contribution is 2.32. The minimum Gasteiger partial charge on any atom is -0.451 e. The van der Waals surface area contributed by atoms with Crippen LogP contribution in [0.15, 0.2) is 6.07 Å². The molecular weight excluding hydrogens is 298 g/mol. The Labute approximate surface area is 136 Å². The molecule has 1 amide bonds. The van der Waals surface area contributed by atoms with Crippen molar-refractivity contribution in [3.8, 4) is 0 Å². The maximum Gasteiger partial charge on any atom is 0.348 e. The lowest BCUT2D eigenvalue weighted by Gasteiger charge is -2.24. The predicted molar refractivity (Wildman–Crippen MR) is 88.3 cm³/mol. The van der Waals surface area contributed by atoms with Crippen LogP contribution in [-0.2, 0) is 22.4 Å². The average Bonchev–Trinajstić information content (AvgIpc) is 2.87. The fraction of sp³-hybridized carbons (Fsp3) is 0.647. The van der Waals surface area contributed by atoms with Crippen molar-refractivity contribution in [1.82, 2.24) is 5.32 Å². The van der Waals surface area contributed by atoms with E-state index >= 15 is 0 Å². The van der Waals surface area contributed by atoms with Gasteiger partial charge in [0.2, 0.25) is 0 Å². The van der Waals surface area contributed by atoms with Crippen molar-refractivity contribution in [2.45, 2.75) is 58.9 Å². The fourth-order valence-electron chi connectivity index (χ4n) is 2.51. The number of thiophene rings is 1. The van der Waals surface area contributed by atoms with E-state index in [4.69, 9.17) is 4.74 Å². The van der Waals surface area contributed by atoms with Crippen LogP contribution < -0.4 is 5.32 Å². The second kappa shape index (κ2) is 6.82. The van der Waals surface area contributed by atoms with Gasteiger partial charge in [-0.25, -0.2) is 4.79 Å². The summed E-state index contributed by atoms with van der Waals surface area (Å²) in [5.41, 5.74) is 0.994. The van der Waals surface area contributed by atoms with Crippen molar-refractivity contribution < 1.29 is 14.3 Å². The third-order valence-corrected chi connectivity index (χ3v) is 5.44.